The summed E-state index contributed by atoms with van der Waals surface area (Å²) in [6, 6.07) is -0.114. The average molecular weight is 296 g/mol. The minimum atomic E-state index is -1.22. The van der Waals surface area contributed by atoms with Crippen LogP contribution in [-0.4, -0.2) is 31.3 Å². The van der Waals surface area contributed by atoms with Crippen molar-refractivity contribution in [2.75, 3.05) is 5.32 Å². The zero-order valence-electron chi connectivity index (χ0n) is 12.6. The first-order valence-corrected chi connectivity index (χ1v) is 6.93. The van der Waals surface area contributed by atoms with Crippen LogP contribution in [0.15, 0.2) is 0 Å². The van der Waals surface area contributed by atoms with Gasteiger partial charge < -0.3 is 10.4 Å². The lowest BCUT2D eigenvalue weighted by Crippen LogP contribution is -2.46. The van der Waals surface area contributed by atoms with Gasteiger partial charge in [-0.15, -0.1) is 0 Å². The second-order valence-corrected chi connectivity index (χ2v) is 5.98. The lowest BCUT2D eigenvalue weighted by atomic mass is 9.96. The first kappa shape index (κ1) is 15.3. The number of nitrogens with one attached hydrogen (secondary N) is 1. The van der Waals surface area contributed by atoms with Crippen molar-refractivity contribution in [3.05, 3.63) is 15.8 Å². The van der Waals surface area contributed by atoms with Crippen molar-refractivity contribution < 1.29 is 14.8 Å². The number of aliphatic carboxylic acids is 1. The Morgan fingerprint density at radius 3 is 2.52 bits per heavy atom. The standard InChI is InChI=1S/C13H20N4O4/c1-7(2)16-11(10(17(20)21)8(3)15-16)14-13(4,12(18)19)9-5-6-9/h7,9,14H,5-6H2,1-4H3,(H,18,19). The molecule has 116 valence electrons. The maximum Gasteiger partial charge on any atom is 0.333 e. The number of rotatable bonds is 6. The van der Waals surface area contributed by atoms with E-state index >= 15 is 0 Å². The van der Waals surface area contributed by atoms with Crippen LogP contribution in [0.2, 0.25) is 0 Å². The Balaban J connectivity index is 2.51. The molecule has 0 aromatic carbocycles. The Hall–Kier alpha value is -2.12. The van der Waals surface area contributed by atoms with Gasteiger partial charge in [-0.05, 0) is 46.5 Å². The molecule has 0 radical (unpaired) electrons. The predicted octanol–water partition coefficient (Wildman–Crippen LogP) is 2.35. The van der Waals surface area contributed by atoms with Gasteiger partial charge in [-0.1, -0.05) is 0 Å². The highest BCUT2D eigenvalue weighted by molar-refractivity contribution is 5.84. The Labute approximate surface area is 122 Å². The molecule has 0 spiro atoms. The average Bonchev–Trinajstić information content (AvgIpc) is 3.14. The van der Waals surface area contributed by atoms with Gasteiger partial charge in [0.15, 0.2) is 0 Å². The molecule has 1 aromatic heterocycles. The Morgan fingerprint density at radius 2 is 2.14 bits per heavy atom. The first-order chi connectivity index (χ1) is 9.68. The highest BCUT2D eigenvalue weighted by atomic mass is 16.6. The molecule has 1 aliphatic rings. The Bertz CT molecular complexity index is 591. The molecule has 2 N–H and O–H groups in total. The maximum absolute atomic E-state index is 11.6. The molecule has 1 aromatic rings. The number of hydrogen-bond donors (Lipinski definition) is 2. The van der Waals surface area contributed by atoms with Crippen LogP contribution in [0.1, 0.15) is 45.3 Å². The molecular formula is C13H20N4O4. The van der Waals surface area contributed by atoms with E-state index in [9.17, 15) is 20.0 Å². The molecule has 1 aliphatic carbocycles. The number of nitro groups is 1. The molecule has 0 saturated heterocycles. The number of carboxylic acid groups (broad SMARTS) is 1. The molecule has 0 bridgehead atoms. The fourth-order valence-electron chi connectivity index (χ4n) is 2.48. The SMILES string of the molecule is Cc1nn(C(C)C)c(NC(C)(C(=O)O)C2CC2)c1[N+](=O)[O-]. The van der Waals surface area contributed by atoms with Crippen LogP contribution in [0.5, 0.6) is 0 Å². The molecule has 1 atom stereocenters. The fourth-order valence-corrected chi connectivity index (χ4v) is 2.48. The van der Waals surface area contributed by atoms with E-state index in [4.69, 9.17) is 0 Å². The molecule has 8 heteroatoms. The number of carbonyl (C=O) groups is 1. The van der Waals surface area contributed by atoms with E-state index in [0.29, 0.717) is 0 Å². The van der Waals surface area contributed by atoms with Crippen molar-refractivity contribution in [3.63, 3.8) is 0 Å². The smallest absolute Gasteiger partial charge is 0.333 e. The quantitative estimate of drug-likeness (QED) is 0.615. The molecule has 0 aliphatic heterocycles. The monoisotopic (exact) mass is 296 g/mol. The van der Waals surface area contributed by atoms with Gasteiger partial charge in [0, 0.05) is 6.04 Å². The van der Waals surface area contributed by atoms with Crippen LogP contribution in [0.25, 0.3) is 0 Å². The van der Waals surface area contributed by atoms with Crippen molar-refractivity contribution >= 4 is 17.5 Å². The lowest BCUT2D eigenvalue weighted by molar-refractivity contribution is -0.384. The van der Waals surface area contributed by atoms with Crippen LogP contribution in [0, 0.1) is 23.0 Å². The van der Waals surface area contributed by atoms with Crippen molar-refractivity contribution in [2.24, 2.45) is 5.92 Å². The third kappa shape index (κ3) is 2.57. The topological polar surface area (TPSA) is 110 Å². The van der Waals surface area contributed by atoms with E-state index in [2.05, 4.69) is 10.4 Å². The number of aryl methyl sites for hydroxylation is 1. The second-order valence-electron chi connectivity index (χ2n) is 5.98. The summed E-state index contributed by atoms with van der Waals surface area (Å²) in [6.07, 6.45) is 1.61. The molecule has 1 saturated carbocycles. The van der Waals surface area contributed by atoms with E-state index in [0.717, 1.165) is 12.8 Å². The molecule has 1 heterocycles. The molecule has 0 amide bonds. The summed E-state index contributed by atoms with van der Waals surface area (Å²) < 4.78 is 1.48. The van der Waals surface area contributed by atoms with Gasteiger partial charge in [0.1, 0.15) is 11.2 Å². The number of aromatic nitrogens is 2. The van der Waals surface area contributed by atoms with E-state index in [1.54, 1.807) is 13.8 Å². The van der Waals surface area contributed by atoms with E-state index in [1.807, 2.05) is 13.8 Å². The van der Waals surface area contributed by atoms with Crippen molar-refractivity contribution in [1.29, 1.82) is 0 Å². The van der Waals surface area contributed by atoms with Gasteiger partial charge >= 0.3 is 11.7 Å². The van der Waals surface area contributed by atoms with Crippen LogP contribution in [0.3, 0.4) is 0 Å². The van der Waals surface area contributed by atoms with Gasteiger partial charge in [0.05, 0.1) is 4.92 Å². The lowest BCUT2D eigenvalue weighted by Gasteiger charge is -2.27. The van der Waals surface area contributed by atoms with Crippen LogP contribution in [0.4, 0.5) is 11.5 Å². The van der Waals surface area contributed by atoms with Crippen molar-refractivity contribution in [1.82, 2.24) is 9.78 Å². The molecular weight excluding hydrogens is 276 g/mol. The third-order valence-electron chi connectivity index (χ3n) is 3.94. The van der Waals surface area contributed by atoms with Crippen LogP contribution < -0.4 is 5.32 Å². The summed E-state index contributed by atoms with van der Waals surface area (Å²) in [6.45, 7) is 6.81. The second kappa shape index (κ2) is 5.01. The number of anilines is 1. The fraction of sp³-hybridized carbons (Fsp3) is 0.692. The van der Waals surface area contributed by atoms with Crippen molar-refractivity contribution in [3.8, 4) is 0 Å². The number of carboxylic acids is 1. The van der Waals surface area contributed by atoms with Gasteiger partial charge in [-0.3, -0.25) is 10.1 Å². The van der Waals surface area contributed by atoms with Crippen molar-refractivity contribution in [2.45, 2.75) is 52.1 Å². The summed E-state index contributed by atoms with van der Waals surface area (Å²) >= 11 is 0. The van der Waals surface area contributed by atoms with Gasteiger partial charge in [0.25, 0.3) is 0 Å². The van der Waals surface area contributed by atoms with Crippen LogP contribution >= 0.6 is 0 Å². The van der Waals surface area contributed by atoms with Gasteiger partial charge in [-0.2, -0.15) is 5.10 Å². The molecule has 21 heavy (non-hydrogen) atoms. The minimum absolute atomic E-state index is 0.0228. The zero-order valence-corrected chi connectivity index (χ0v) is 12.6. The number of nitrogens with zero attached hydrogens (tertiary/aromatic N) is 3. The summed E-state index contributed by atoms with van der Waals surface area (Å²) in [5.41, 5.74) is -1.10. The zero-order chi connectivity index (χ0) is 15.9. The Morgan fingerprint density at radius 1 is 1.57 bits per heavy atom. The maximum atomic E-state index is 11.6. The van der Waals surface area contributed by atoms with E-state index < -0.39 is 16.4 Å². The van der Waals surface area contributed by atoms with Gasteiger partial charge in [-0.25, -0.2) is 9.48 Å². The largest absolute Gasteiger partial charge is 0.480 e. The molecule has 2 rings (SSSR count). The highest BCUT2D eigenvalue weighted by Gasteiger charge is 2.49. The molecule has 1 unspecified atom stereocenters. The normalized spacial score (nSPS) is 17.6. The minimum Gasteiger partial charge on any atom is -0.480 e. The van der Waals surface area contributed by atoms with E-state index in [-0.39, 0.29) is 29.2 Å². The summed E-state index contributed by atoms with van der Waals surface area (Å²) in [4.78, 5) is 22.4. The predicted molar refractivity (Wildman–Crippen MR) is 76.4 cm³/mol. The summed E-state index contributed by atoms with van der Waals surface area (Å²) in [5.74, 6) is -0.858. The number of hydrogen-bond acceptors (Lipinski definition) is 5. The van der Waals surface area contributed by atoms with Crippen LogP contribution in [-0.2, 0) is 4.79 Å². The first-order valence-electron chi connectivity index (χ1n) is 6.93. The molecule has 1 fully saturated rings. The van der Waals surface area contributed by atoms with Gasteiger partial charge in [0.2, 0.25) is 5.82 Å². The molecule has 8 nitrogen and oxygen atoms in total. The van der Waals surface area contributed by atoms with E-state index in [1.165, 1.54) is 4.68 Å². The third-order valence-corrected chi connectivity index (χ3v) is 3.94. The highest BCUT2D eigenvalue weighted by Crippen LogP contribution is 2.43. The Kier molecular flexibility index (Phi) is 3.65. The summed E-state index contributed by atoms with van der Waals surface area (Å²) in [5, 5.41) is 27.9. The summed E-state index contributed by atoms with van der Waals surface area (Å²) in [7, 11) is 0.